The Hall–Kier alpha value is -1.70. The Morgan fingerprint density at radius 3 is 2.38 bits per heavy atom. The monoisotopic (exact) mass is 250 g/mol. The molecule has 0 aliphatic carbocycles. The predicted molar refractivity (Wildman–Crippen MR) is 54.0 cm³/mol. The van der Waals surface area contributed by atoms with E-state index in [0.29, 0.717) is 12.1 Å². The largest absolute Gasteiger partial charge is 0.416 e. The number of hydrogen-bond donors (Lipinski definition) is 1. The lowest BCUT2D eigenvalue weighted by Crippen LogP contribution is -2.14. The van der Waals surface area contributed by atoms with E-state index in [1.165, 1.54) is 0 Å². The molecular formula is C8H5F3N2O2S. The van der Waals surface area contributed by atoms with Gasteiger partial charge in [0.05, 0.1) is 16.1 Å². The van der Waals surface area contributed by atoms with Crippen LogP contribution in [-0.4, -0.2) is 9.91 Å². The lowest BCUT2D eigenvalue weighted by molar-refractivity contribution is -0.385. The summed E-state index contributed by atoms with van der Waals surface area (Å²) in [5.41, 5.74) is 3.11. The van der Waals surface area contributed by atoms with Crippen LogP contribution in [0.2, 0.25) is 0 Å². The van der Waals surface area contributed by atoms with Gasteiger partial charge in [0.25, 0.3) is 5.69 Å². The van der Waals surface area contributed by atoms with Gasteiger partial charge in [-0.25, -0.2) is 0 Å². The minimum atomic E-state index is -4.64. The molecule has 0 unspecified atom stereocenters. The fraction of sp³-hybridized carbons (Fsp3) is 0.125. The molecule has 0 saturated carbocycles. The minimum absolute atomic E-state index is 0.187. The summed E-state index contributed by atoms with van der Waals surface area (Å²) >= 11 is 4.50. The van der Waals surface area contributed by atoms with E-state index in [0.717, 1.165) is 6.07 Å². The molecule has 8 heteroatoms. The topological polar surface area (TPSA) is 69.2 Å². The van der Waals surface area contributed by atoms with Crippen molar-refractivity contribution in [1.82, 2.24) is 0 Å². The zero-order valence-corrected chi connectivity index (χ0v) is 8.43. The third-order valence-electron chi connectivity index (χ3n) is 1.79. The molecule has 0 aliphatic rings. The van der Waals surface area contributed by atoms with E-state index in [4.69, 9.17) is 5.73 Å². The molecule has 1 rings (SSSR count). The highest BCUT2D eigenvalue weighted by molar-refractivity contribution is 7.80. The van der Waals surface area contributed by atoms with Crippen molar-refractivity contribution < 1.29 is 18.1 Å². The molecule has 0 spiro atoms. The van der Waals surface area contributed by atoms with Crippen molar-refractivity contribution in [3.05, 3.63) is 39.4 Å². The third kappa shape index (κ3) is 2.45. The van der Waals surface area contributed by atoms with Gasteiger partial charge in [0.1, 0.15) is 4.99 Å². The Kier molecular flexibility index (Phi) is 3.13. The van der Waals surface area contributed by atoms with Gasteiger partial charge in [-0.1, -0.05) is 12.2 Å². The molecule has 0 aliphatic heterocycles. The zero-order valence-electron chi connectivity index (χ0n) is 7.62. The van der Waals surface area contributed by atoms with Crippen molar-refractivity contribution in [3.8, 4) is 0 Å². The van der Waals surface area contributed by atoms with Gasteiger partial charge in [0, 0.05) is 6.07 Å². The third-order valence-corrected chi connectivity index (χ3v) is 2.01. The summed E-state index contributed by atoms with van der Waals surface area (Å²) < 4.78 is 36.8. The van der Waals surface area contributed by atoms with Crippen molar-refractivity contribution in [2.75, 3.05) is 0 Å². The predicted octanol–water partition coefficient (Wildman–Crippen LogP) is 2.25. The molecule has 0 bridgehead atoms. The number of rotatable bonds is 2. The van der Waals surface area contributed by atoms with Gasteiger partial charge >= 0.3 is 6.18 Å². The average Bonchev–Trinajstić information content (AvgIpc) is 2.15. The number of nitrogens with two attached hydrogens (primary N) is 1. The number of hydrogen-bond acceptors (Lipinski definition) is 3. The van der Waals surface area contributed by atoms with Crippen LogP contribution >= 0.6 is 12.2 Å². The Balaban J connectivity index is 3.40. The van der Waals surface area contributed by atoms with Crippen molar-refractivity contribution in [1.29, 1.82) is 0 Å². The first kappa shape index (κ1) is 12.4. The van der Waals surface area contributed by atoms with Gasteiger partial charge in [-0.15, -0.1) is 0 Å². The molecular weight excluding hydrogens is 245 g/mol. The van der Waals surface area contributed by atoms with Crippen molar-refractivity contribution in [2.24, 2.45) is 5.73 Å². The second kappa shape index (κ2) is 4.05. The molecule has 16 heavy (non-hydrogen) atoms. The van der Waals surface area contributed by atoms with Crippen LogP contribution in [0.25, 0.3) is 0 Å². The Labute approximate surface area is 93.0 Å². The van der Waals surface area contributed by atoms with E-state index in [1.807, 2.05) is 0 Å². The number of thiocarbonyl (C=S) groups is 1. The van der Waals surface area contributed by atoms with Crippen LogP contribution in [0.5, 0.6) is 0 Å². The van der Waals surface area contributed by atoms with Gasteiger partial charge in [-0.3, -0.25) is 10.1 Å². The molecule has 1 aromatic rings. The number of nitro benzene ring substituents is 1. The van der Waals surface area contributed by atoms with Crippen molar-refractivity contribution in [2.45, 2.75) is 6.18 Å². The molecule has 4 nitrogen and oxygen atoms in total. The maximum Gasteiger partial charge on any atom is 0.416 e. The normalized spacial score (nSPS) is 11.2. The quantitative estimate of drug-likeness (QED) is 0.496. The summed E-state index contributed by atoms with van der Waals surface area (Å²) in [6, 6.07) is 2.00. The zero-order chi connectivity index (χ0) is 12.5. The van der Waals surface area contributed by atoms with Gasteiger partial charge in [0.15, 0.2) is 0 Å². The van der Waals surface area contributed by atoms with Crippen LogP contribution in [0.15, 0.2) is 18.2 Å². The summed E-state index contributed by atoms with van der Waals surface area (Å²) in [6.45, 7) is 0. The van der Waals surface area contributed by atoms with Crippen molar-refractivity contribution >= 4 is 22.9 Å². The number of alkyl halides is 3. The molecule has 2 N–H and O–H groups in total. The smallest absolute Gasteiger partial charge is 0.389 e. The molecule has 86 valence electrons. The molecule has 0 saturated heterocycles. The highest BCUT2D eigenvalue weighted by Crippen LogP contribution is 2.32. The van der Waals surface area contributed by atoms with Crippen LogP contribution in [0, 0.1) is 10.1 Å². The second-order valence-electron chi connectivity index (χ2n) is 2.85. The summed E-state index contributed by atoms with van der Waals surface area (Å²) in [5.74, 6) is 0. The van der Waals surface area contributed by atoms with Gasteiger partial charge in [-0.2, -0.15) is 13.2 Å². The highest BCUT2D eigenvalue weighted by atomic mass is 32.1. The van der Waals surface area contributed by atoms with E-state index < -0.39 is 22.4 Å². The lowest BCUT2D eigenvalue weighted by Gasteiger charge is -2.07. The van der Waals surface area contributed by atoms with Crippen LogP contribution in [-0.2, 0) is 6.18 Å². The molecule has 0 aromatic heterocycles. The molecule has 0 radical (unpaired) electrons. The van der Waals surface area contributed by atoms with Crippen molar-refractivity contribution in [3.63, 3.8) is 0 Å². The Morgan fingerprint density at radius 1 is 1.44 bits per heavy atom. The van der Waals surface area contributed by atoms with Crippen LogP contribution in [0.1, 0.15) is 11.1 Å². The van der Waals surface area contributed by atoms with E-state index >= 15 is 0 Å². The van der Waals surface area contributed by atoms with E-state index in [1.54, 1.807) is 0 Å². The minimum Gasteiger partial charge on any atom is -0.389 e. The number of benzene rings is 1. The summed E-state index contributed by atoms with van der Waals surface area (Å²) in [7, 11) is 0. The number of nitro groups is 1. The molecule has 1 aromatic carbocycles. The summed E-state index contributed by atoms with van der Waals surface area (Å²) in [4.78, 5) is 9.25. The first-order valence-corrected chi connectivity index (χ1v) is 4.29. The van der Waals surface area contributed by atoms with E-state index in [2.05, 4.69) is 12.2 Å². The number of halogens is 3. The maximum absolute atomic E-state index is 12.3. The van der Waals surface area contributed by atoms with E-state index in [-0.39, 0.29) is 10.6 Å². The average molecular weight is 250 g/mol. The number of nitrogens with zero attached hydrogens (tertiary/aromatic N) is 1. The molecule has 0 fully saturated rings. The van der Waals surface area contributed by atoms with Crippen LogP contribution in [0.3, 0.4) is 0 Å². The lowest BCUT2D eigenvalue weighted by atomic mass is 10.1. The maximum atomic E-state index is 12.3. The van der Waals surface area contributed by atoms with Gasteiger partial charge < -0.3 is 5.73 Å². The SMILES string of the molecule is NC(=S)c1ccc(C(F)(F)F)cc1[N+](=O)[O-]. The Morgan fingerprint density at radius 2 is 2.00 bits per heavy atom. The van der Waals surface area contributed by atoms with Crippen LogP contribution < -0.4 is 5.73 Å². The summed E-state index contributed by atoms with van der Waals surface area (Å²) in [6.07, 6.45) is -4.64. The van der Waals surface area contributed by atoms with E-state index in [9.17, 15) is 23.3 Å². The standard InChI is InChI=1S/C8H5F3N2O2S/c9-8(10,11)4-1-2-5(7(12)16)6(3-4)13(14)15/h1-3H,(H2,12,16). The van der Waals surface area contributed by atoms with Crippen LogP contribution in [0.4, 0.5) is 18.9 Å². The molecule has 0 heterocycles. The second-order valence-corrected chi connectivity index (χ2v) is 3.29. The first-order chi connectivity index (χ1) is 7.23. The van der Waals surface area contributed by atoms with Gasteiger partial charge in [-0.05, 0) is 12.1 Å². The fourth-order valence-electron chi connectivity index (χ4n) is 1.07. The summed E-state index contributed by atoms with van der Waals surface area (Å²) in [5, 5.41) is 10.5. The molecule has 0 amide bonds. The molecule has 0 atom stereocenters. The first-order valence-electron chi connectivity index (χ1n) is 3.89. The Bertz CT molecular complexity index is 459. The van der Waals surface area contributed by atoms with Gasteiger partial charge in [0.2, 0.25) is 0 Å². The highest BCUT2D eigenvalue weighted by Gasteiger charge is 2.33. The fourth-order valence-corrected chi connectivity index (χ4v) is 1.24.